The maximum absolute atomic E-state index is 12.1. The third-order valence-electron chi connectivity index (χ3n) is 2.97. The molecule has 22 heavy (non-hydrogen) atoms. The van der Waals surface area contributed by atoms with E-state index in [1.807, 2.05) is 4.90 Å². The van der Waals surface area contributed by atoms with Crippen molar-refractivity contribution in [2.45, 2.75) is 0 Å². The molecule has 122 valence electrons. The molecular formula is C14H21N3O5. The third kappa shape index (κ3) is 6.17. The molecule has 1 rings (SSSR count). The molecule has 0 radical (unpaired) electrons. The number of carbonyl (C=O) groups excluding carboxylic acids is 1. The van der Waals surface area contributed by atoms with Gasteiger partial charge in [0.2, 0.25) is 5.91 Å². The SMILES string of the molecule is COCCN(CCOC)CC(=O)Nc1ccccc1[N+](=O)[O-]. The number of para-hydroxylation sites is 2. The highest BCUT2D eigenvalue weighted by molar-refractivity contribution is 5.94. The zero-order valence-electron chi connectivity index (χ0n) is 12.8. The standard InChI is InChI=1S/C14H21N3O5/c1-21-9-7-16(8-10-22-2)11-14(18)15-12-5-3-4-6-13(12)17(19)20/h3-6H,7-11H2,1-2H3,(H,15,18). The van der Waals surface area contributed by atoms with E-state index in [9.17, 15) is 14.9 Å². The summed E-state index contributed by atoms with van der Waals surface area (Å²) in [5.74, 6) is -0.318. The van der Waals surface area contributed by atoms with Gasteiger partial charge < -0.3 is 14.8 Å². The van der Waals surface area contributed by atoms with Crippen molar-refractivity contribution in [3.63, 3.8) is 0 Å². The first-order chi connectivity index (χ1) is 10.6. The molecule has 0 aromatic heterocycles. The van der Waals surface area contributed by atoms with Crippen molar-refractivity contribution in [2.24, 2.45) is 0 Å². The van der Waals surface area contributed by atoms with Crippen LogP contribution in [-0.4, -0.2) is 62.8 Å². The third-order valence-corrected chi connectivity index (χ3v) is 2.97. The predicted molar refractivity (Wildman–Crippen MR) is 81.9 cm³/mol. The van der Waals surface area contributed by atoms with Crippen LogP contribution in [0.25, 0.3) is 0 Å². The molecule has 1 aromatic carbocycles. The Labute approximate surface area is 129 Å². The Bertz CT molecular complexity index is 487. The Balaban J connectivity index is 2.64. The number of amides is 1. The van der Waals surface area contributed by atoms with E-state index in [1.165, 1.54) is 12.1 Å². The van der Waals surface area contributed by atoms with Gasteiger partial charge in [-0.05, 0) is 6.07 Å². The van der Waals surface area contributed by atoms with E-state index in [-0.39, 0.29) is 23.8 Å². The van der Waals surface area contributed by atoms with E-state index in [4.69, 9.17) is 9.47 Å². The molecule has 0 spiro atoms. The molecule has 1 aromatic rings. The molecule has 1 amide bonds. The molecule has 0 saturated carbocycles. The summed E-state index contributed by atoms with van der Waals surface area (Å²) < 4.78 is 10.00. The van der Waals surface area contributed by atoms with Crippen molar-refractivity contribution >= 4 is 17.3 Å². The summed E-state index contributed by atoms with van der Waals surface area (Å²) in [5, 5.41) is 13.5. The maximum Gasteiger partial charge on any atom is 0.292 e. The Kier molecular flexibility index (Phi) is 8.05. The number of nitrogens with zero attached hydrogens (tertiary/aromatic N) is 2. The summed E-state index contributed by atoms with van der Waals surface area (Å²) in [5.41, 5.74) is 0.0621. The van der Waals surface area contributed by atoms with Gasteiger partial charge in [0.1, 0.15) is 5.69 Å². The van der Waals surface area contributed by atoms with Gasteiger partial charge in [-0.1, -0.05) is 12.1 Å². The maximum atomic E-state index is 12.1. The fourth-order valence-corrected chi connectivity index (χ4v) is 1.84. The van der Waals surface area contributed by atoms with Crippen LogP contribution in [0.3, 0.4) is 0 Å². The predicted octanol–water partition coefficient (Wildman–Crippen LogP) is 1.13. The number of hydrogen-bond acceptors (Lipinski definition) is 6. The summed E-state index contributed by atoms with van der Waals surface area (Å²) in [6, 6.07) is 6.04. The summed E-state index contributed by atoms with van der Waals surface area (Å²) in [7, 11) is 3.17. The van der Waals surface area contributed by atoms with E-state index < -0.39 is 4.92 Å². The second kappa shape index (κ2) is 9.82. The van der Waals surface area contributed by atoms with Gasteiger partial charge in [-0.2, -0.15) is 0 Å². The fraction of sp³-hybridized carbons (Fsp3) is 0.500. The molecule has 0 heterocycles. The van der Waals surface area contributed by atoms with Crippen LogP contribution in [-0.2, 0) is 14.3 Å². The highest BCUT2D eigenvalue weighted by Gasteiger charge is 2.16. The first kappa shape index (κ1) is 18.0. The molecule has 0 unspecified atom stereocenters. The smallest absolute Gasteiger partial charge is 0.292 e. The first-order valence-electron chi connectivity index (χ1n) is 6.82. The lowest BCUT2D eigenvalue weighted by Gasteiger charge is -2.20. The summed E-state index contributed by atoms with van der Waals surface area (Å²) in [6.07, 6.45) is 0. The number of nitrogens with one attached hydrogen (secondary N) is 1. The topological polar surface area (TPSA) is 93.9 Å². The van der Waals surface area contributed by atoms with Crippen molar-refractivity contribution in [1.29, 1.82) is 0 Å². The zero-order chi connectivity index (χ0) is 16.4. The van der Waals surface area contributed by atoms with Crippen LogP contribution in [0.1, 0.15) is 0 Å². The quantitative estimate of drug-likeness (QED) is 0.514. The van der Waals surface area contributed by atoms with Crippen LogP contribution in [0.15, 0.2) is 24.3 Å². The molecule has 0 bridgehead atoms. The summed E-state index contributed by atoms with van der Waals surface area (Å²) in [4.78, 5) is 24.3. The van der Waals surface area contributed by atoms with Crippen LogP contribution in [0.2, 0.25) is 0 Å². The van der Waals surface area contributed by atoms with Crippen molar-refractivity contribution < 1.29 is 19.2 Å². The minimum atomic E-state index is -0.525. The normalized spacial score (nSPS) is 10.7. The summed E-state index contributed by atoms with van der Waals surface area (Å²) >= 11 is 0. The van der Waals surface area contributed by atoms with E-state index >= 15 is 0 Å². The lowest BCUT2D eigenvalue weighted by atomic mass is 10.2. The Morgan fingerprint density at radius 3 is 2.36 bits per heavy atom. The van der Waals surface area contributed by atoms with E-state index in [0.29, 0.717) is 26.3 Å². The summed E-state index contributed by atoms with van der Waals surface area (Å²) in [6.45, 7) is 2.23. The first-order valence-corrected chi connectivity index (χ1v) is 6.82. The van der Waals surface area contributed by atoms with Crippen molar-refractivity contribution in [3.05, 3.63) is 34.4 Å². The Morgan fingerprint density at radius 1 is 1.23 bits per heavy atom. The monoisotopic (exact) mass is 311 g/mol. The molecule has 0 fully saturated rings. The van der Waals surface area contributed by atoms with E-state index in [1.54, 1.807) is 26.4 Å². The van der Waals surface area contributed by atoms with Gasteiger partial charge in [-0.15, -0.1) is 0 Å². The lowest BCUT2D eigenvalue weighted by Crippen LogP contribution is -2.37. The number of nitro groups is 1. The van der Waals surface area contributed by atoms with E-state index in [2.05, 4.69) is 5.32 Å². The average Bonchev–Trinajstić information content (AvgIpc) is 2.50. The van der Waals surface area contributed by atoms with Crippen LogP contribution in [0.4, 0.5) is 11.4 Å². The Morgan fingerprint density at radius 2 is 1.82 bits per heavy atom. The van der Waals surface area contributed by atoms with Gasteiger partial charge in [0, 0.05) is 33.4 Å². The molecule has 8 nitrogen and oxygen atoms in total. The molecule has 0 atom stereocenters. The van der Waals surface area contributed by atoms with E-state index in [0.717, 1.165) is 0 Å². The van der Waals surface area contributed by atoms with Gasteiger partial charge in [-0.3, -0.25) is 19.8 Å². The van der Waals surface area contributed by atoms with Gasteiger partial charge in [0.05, 0.1) is 24.7 Å². The van der Waals surface area contributed by atoms with Gasteiger partial charge in [0.15, 0.2) is 0 Å². The average molecular weight is 311 g/mol. The van der Waals surface area contributed by atoms with Gasteiger partial charge in [-0.25, -0.2) is 0 Å². The number of methoxy groups -OCH3 is 2. The van der Waals surface area contributed by atoms with Gasteiger partial charge in [0.25, 0.3) is 5.69 Å². The fourth-order valence-electron chi connectivity index (χ4n) is 1.84. The molecule has 0 aliphatic rings. The number of nitro benzene ring substituents is 1. The molecule has 0 aliphatic carbocycles. The minimum Gasteiger partial charge on any atom is -0.383 e. The zero-order valence-corrected chi connectivity index (χ0v) is 12.8. The number of rotatable bonds is 10. The largest absolute Gasteiger partial charge is 0.383 e. The van der Waals surface area contributed by atoms with Crippen LogP contribution in [0.5, 0.6) is 0 Å². The molecule has 1 N–H and O–H groups in total. The van der Waals surface area contributed by atoms with Crippen molar-refractivity contribution in [1.82, 2.24) is 4.90 Å². The molecule has 8 heteroatoms. The number of hydrogen-bond donors (Lipinski definition) is 1. The Hall–Kier alpha value is -2.03. The van der Waals surface area contributed by atoms with Crippen LogP contribution in [0, 0.1) is 10.1 Å². The number of anilines is 1. The number of benzene rings is 1. The van der Waals surface area contributed by atoms with Crippen molar-refractivity contribution in [2.75, 3.05) is 52.4 Å². The second-order valence-corrected chi connectivity index (χ2v) is 4.58. The molecule has 0 saturated heterocycles. The van der Waals surface area contributed by atoms with Gasteiger partial charge >= 0.3 is 0 Å². The molecular weight excluding hydrogens is 290 g/mol. The lowest BCUT2D eigenvalue weighted by molar-refractivity contribution is -0.383. The molecule has 0 aliphatic heterocycles. The van der Waals surface area contributed by atoms with Crippen LogP contribution >= 0.6 is 0 Å². The highest BCUT2D eigenvalue weighted by Crippen LogP contribution is 2.22. The number of carbonyl (C=O) groups is 1. The van der Waals surface area contributed by atoms with Crippen molar-refractivity contribution in [3.8, 4) is 0 Å². The minimum absolute atomic E-state index is 0.110. The highest BCUT2D eigenvalue weighted by atomic mass is 16.6. The second-order valence-electron chi connectivity index (χ2n) is 4.58. The van der Waals surface area contributed by atoms with Crippen LogP contribution < -0.4 is 5.32 Å². The number of ether oxygens (including phenoxy) is 2.